The summed E-state index contributed by atoms with van der Waals surface area (Å²) in [6.07, 6.45) is 0. The number of furan rings is 1. The minimum atomic E-state index is -0.598. The topological polar surface area (TPSA) is 86.2 Å². The average Bonchev–Trinajstić information content (AvgIpc) is 3.22. The van der Waals surface area contributed by atoms with Crippen LogP contribution < -0.4 is 16.6 Å². The lowest BCUT2D eigenvalue weighted by Gasteiger charge is -2.13. The second-order valence-corrected chi connectivity index (χ2v) is 8.46. The Morgan fingerprint density at radius 3 is 2.41 bits per heavy atom. The van der Waals surface area contributed by atoms with E-state index in [0.29, 0.717) is 27.2 Å². The van der Waals surface area contributed by atoms with Gasteiger partial charge in [-0.15, -0.1) is 0 Å². The summed E-state index contributed by atoms with van der Waals surface area (Å²) in [6, 6.07) is 21.3. The van der Waals surface area contributed by atoms with Crippen molar-refractivity contribution in [2.24, 2.45) is 0 Å². The Hall–Kier alpha value is -4.10. The number of carbonyl (C=O) groups excluding carboxylic acids is 1. The summed E-state index contributed by atoms with van der Waals surface area (Å²) >= 11 is 5.97. The summed E-state index contributed by atoms with van der Waals surface area (Å²) in [4.78, 5) is 39.8. The number of rotatable bonds is 5. The van der Waals surface area contributed by atoms with Gasteiger partial charge in [0.1, 0.15) is 17.6 Å². The van der Waals surface area contributed by atoms with Crippen LogP contribution in [0.2, 0.25) is 5.02 Å². The summed E-state index contributed by atoms with van der Waals surface area (Å²) in [5, 5.41) is 3.99. The predicted molar refractivity (Wildman–Crippen MR) is 133 cm³/mol. The molecular weight excluding hydrogens is 454 g/mol. The van der Waals surface area contributed by atoms with Gasteiger partial charge in [0.05, 0.1) is 6.54 Å². The molecule has 0 unspecified atom stereocenters. The van der Waals surface area contributed by atoms with Gasteiger partial charge in [0, 0.05) is 16.1 Å². The van der Waals surface area contributed by atoms with Crippen molar-refractivity contribution in [3.05, 3.63) is 110 Å². The first-order chi connectivity index (χ1) is 16.4. The minimum absolute atomic E-state index is 0.0151. The fraction of sp³-hybridized carbons (Fsp3) is 0.115. The van der Waals surface area contributed by atoms with Crippen molar-refractivity contribution in [3.8, 4) is 0 Å². The van der Waals surface area contributed by atoms with E-state index in [1.54, 1.807) is 54.6 Å². The maximum atomic E-state index is 13.5. The van der Waals surface area contributed by atoms with Crippen molar-refractivity contribution in [3.63, 3.8) is 0 Å². The van der Waals surface area contributed by atoms with E-state index in [9.17, 15) is 14.4 Å². The number of aromatic nitrogens is 2. The number of nitrogens with zero attached hydrogens (tertiary/aromatic N) is 2. The van der Waals surface area contributed by atoms with Crippen LogP contribution >= 0.6 is 11.6 Å². The second-order valence-electron chi connectivity index (χ2n) is 8.03. The molecule has 5 aromatic rings. The predicted octanol–water partition coefficient (Wildman–Crippen LogP) is 4.56. The molecule has 0 aliphatic carbocycles. The monoisotopic (exact) mass is 473 g/mol. The van der Waals surface area contributed by atoms with Crippen LogP contribution in [0.1, 0.15) is 11.1 Å². The Bertz CT molecular complexity index is 1660. The molecule has 170 valence electrons. The molecule has 0 atom stereocenters. The number of fused-ring (bicyclic) bond motifs is 3. The zero-order valence-corrected chi connectivity index (χ0v) is 19.0. The normalized spacial score (nSPS) is 11.2. The number of anilines is 1. The first-order valence-corrected chi connectivity index (χ1v) is 11.0. The van der Waals surface area contributed by atoms with Crippen LogP contribution in [0, 0.1) is 6.92 Å². The lowest BCUT2D eigenvalue weighted by molar-refractivity contribution is -0.116. The Morgan fingerprint density at radius 1 is 0.941 bits per heavy atom. The molecule has 3 aromatic carbocycles. The third-order valence-corrected chi connectivity index (χ3v) is 5.97. The molecule has 0 fully saturated rings. The average molecular weight is 474 g/mol. The number of para-hydroxylation sites is 2. The number of hydrogen-bond acceptors (Lipinski definition) is 4. The summed E-state index contributed by atoms with van der Waals surface area (Å²) in [5.74, 6) is -0.389. The Balaban J connectivity index is 1.66. The number of benzene rings is 3. The molecule has 2 heterocycles. The zero-order chi connectivity index (χ0) is 23.8. The molecule has 1 amide bonds. The first-order valence-electron chi connectivity index (χ1n) is 10.7. The highest BCUT2D eigenvalue weighted by Gasteiger charge is 2.21. The summed E-state index contributed by atoms with van der Waals surface area (Å²) < 4.78 is 8.23. The Kier molecular flexibility index (Phi) is 5.55. The molecule has 7 nitrogen and oxygen atoms in total. The van der Waals surface area contributed by atoms with E-state index in [1.165, 1.54) is 4.57 Å². The number of halogens is 1. The highest BCUT2D eigenvalue weighted by atomic mass is 35.5. The number of amides is 1. The summed E-state index contributed by atoms with van der Waals surface area (Å²) in [6.45, 7) is 1.62. The Morgan fingerprint density at radius 2 is 1.65 bits per heavy atom. The Labute approximate surface area is 198 Å². The van der Waals surface area contributed by atoms with Crippen LogP contribution in [0.5, 0.6) is 0 Å². The third-order valence-electron chi connectivity index (χ3n) is 5.72. The van der Waals surface area contributed by atoms with Gasteiger partial charge in [0.2, 0.25) is 11.5 Å². The zero-order valence-electron chi connectivity index (χ0n) is 18.2. The van der Waals surface area contributed by atoms with E-state index in [2.05, 4.69) is 5.32 Å². The highest BCUT2D eigenvalue weighted by molar-refractivity contribution is 6.30. The quantitative estimate of drug-likeness (QED) is 0.405. The van der Waals surface area contributed by atoms with E-state index < -0.39 is 11.2 Å². The minimum Gasteiger partial charge on any atom is -0.449 e. The molecule has 8 heteroatoms. The van der Waals surface area contributed by atoms with Gasteiger partial charge in [-0.1, -0.05) is 54.1 Å². The molecule has 2 aromatic heterocycles. The maximum Gasteiger partial charge on any atom is 0.332 e. The number of hydrogen-bond donors (Lipinski definition) is 1. The van der Waals surface area contributed by atoms with Crippen LogP contribution in [0.4, 0.5) is 5.69 Å². The van der Waals surface area contributed by atoms with E-state index in [-0.39, 0.29) is 24.6 Å². The van der Waals surface area contributed by atoms with Crippen molar-refractivity contribution >= 4 is 45.3 Å². The molecule has 5 rings (SSSR count). The molecule has 0 aliphatic heterocycles. The first kappa shape index (κ1) is 21.7. The third kappa shape index (κ3) is 3.91. The molecule has 0 saturated heterocycles. The van der Waals surface area contributed by atoms with E-state index in [0.717, 1.165) is 15.7 Å². The van der Waals surface area contributed by atoms with Crippen LogP contribution in [-0.4, -0.2) is 15.0 Å². The number of aryl methyl sites for hydroxylation is 1. The van der Waals surface area contributed by atoms with Crippen LogP contribution in [0.3, 0.4) is 0 Å². The van der Waals surface area contributed by atoms with Gasteiger partial charge in [-0.25, -0.2) is 4.79 Å². The van der Waals surface area contributed by atoms with Gasteiger partial charge in [0.15, 0.2) is 0 Å². The highest BCUT2D eigenvalue weighted by Crippen LogP contribution is 2.25. The van der Waals surface area contributed by atoms with Crippen molar-refractivity contribution in [2.45, 2.75) is 20.0 Å². The van der Waals surface area contributed by atoms with Crippen LogP contribution in [-0.2, 0) is 17.9 Å². The largest absolute Gasteiger partial charge is 0.449 e. The lowest BCUT2D eigenvalue weighted by atomic mass is 10.2. The molecule has 1 N–H and O–H groups in total. The standard InChI is InChI=1S/C26H20ClN3O4/c1-16-6-2-4-8-20(16)28-22(31)15-29-23-19-7-3-5-9-21(19)34-24(23)25(32)30(26(29)33)14-17-10-12-18(27)13-11-17/h2-13H,14-15H2,1H3,(H,28,31). The van der Waals surface area contributed by atoms with Crippen molar-refractivity contribution < 1.29 is 9.21 Å². The molecule has 0 spiro atoms. The van der Waals surface area contributed by atoms with Crippen molar-refractivity contribution in [1.82, 2.24) is 9.13 Å². The number of nitrogens with one attached hydrogen (secondary N) is 1. The fourth-order valence-corrected chi connectivity index (χ4v) is 4.13. The molecule has 0 bridgehead atoms. The van der Waals surface area contributed by atoms with E-state index in [1.807, 2.05) is 25.1 Å². The van der Waals surface area contributed by atoms with Crippen LogP contribution in [0.15, 0.2) is 86.8 Å². The van der Waals surface area contributed by atoms with Gasteiger partial charge >= 0.3 is 5.69 Å². The van der Waals surface area contributed by atoms with Gasteiger partial charge in [-0.05, 0) is 48.4 Å². The van der Waals surface area contributed by atoms with E-state index >= 15 is 0 Å². The molecule has 0 saturated carbocycles. The summed E-state index contributed by atoms with van der Waals surface area (Å²) in [5.41, 5.74) is 1.91. The van der Waals surface area contributed by atoms with Crippen LogP contribution in [0.25, 0.3) is 22.1 Å². The smallest absolute Gasteiger partial charge is 0.332 e. The SMILES string of the molecule is Cc1ccccc1NC(=O)Cn1c(=O)n(Cc2ccc(Cl)cc2)c(=O)c2oc3ccccc3c21. The molecule has 0 radical (unpaired) electrons. The molecule has 0 aliphatic rings. The molecule has 34 heavy (non-hydrogen) atoms. The van der Waals surface area contributed by atoms with Gasteiger partial charge in [-0.2, -0.15) is 0 Å². The van der Waals surface area contributed by atoms with Gasteiger partial charge < -0.3 is 9.73 Å². The summed E-state index contributed by atoms with van der Waals surface area (Å²) in [7, 11) is 0. The van der Waals surface area contributed by atoms with Crippen molar-refractivity contribution in [1.29, 1.82) is 0 Å². The lowest BCUT2D eigenvalue weighted by Crippen LogP contribution is -2.41. The van der Waals surface area contributed by atoms with Crippen molar-refractivity contribution in [2.75, 3.05) is 5.32 Å². The fourth-order valence-electron chi connectivity index (χ4n) is 4.00. The molecular formula is C26H20ClN3O4. The second kappa shape index (κ2) is 8.68. The maximum absolute atomic E-state index is 13.5. The van der Waals surface area contributed by atoms with Gasteiger partial charge in [0.25, 0.3) is 5.56 Å². The van der Waals surface area contributed by atoms with E-state index in [4.69, 9.17) is 16.0 Å². The van der Waals surface area contributed by atoms with Gasteiger partial charge in [-0.3, -0.25) is 18.7 Å². The number of carbonyl (C=O) groups is 1.